The Balaban J connectivity index is 0.000000285. The van der Waals surface area contributed by atoms with Crippen LogP contribution in [0.1, 0.15) is 48.9 Å². The van der Waals surface area contributed by atoms with E-state index < -0.39 is 35.4 Å². The van der Waals surface area contributed by atoms with Gasteiger partial charge in [-0.1, -0.05) is 19.3 Å². The van der Waals surface area contributed by atoms with Gasteiger partial charge in [0.05, 0.1) is 28.6 Å². The number of carbonyl (C=O) groups excluding carboxylic acids is 1. The van der Waals surface area contributed by atoms with Crippen LogP contribution < -0.4 is 16.0 Å². The van der Waals surface area contributed by atoms with Gasteiger partial charge in [-0.3, -0.25) is 14.9 Å². The van der Waals surface area contributed by atoms with Crippen molar-refractivity contribution in [2.45, 2.75) is 50.6 Å². The van der Waals surface area contributed by atoms with Gasteiger partial charge in [0, 0.05) is 26.1 Å². The number of nitrogens with one attached hydrogen (secondary N) is 1. The Morgan fingerprint density at radius 3 is 2.26 bits per heavy atom. The van der Waals surface area contributed by atoms with Gasteiger partial charge < -0.3 is 16.0 Å². The average molecular weight is 452 g/mol. The molecule has 1 aromatic carbocycles. The summed E-state index contributed by atoms with van der Waals surface area (Å²) in [6, 6.07) is 2.32. The van der Waals surface area contributed by atoms with E-state index in [0.29, 0.717) is 12.8 Å². The molecule has 1 heterocycles. The van der Waals surface area contributed by atoms with E-state index in [1.807, 2.05) is 0 Å². The minimum absolute atomic E-state index is 0.0498. The summed E-state index contributed by atoms with van der Waals surface area (Å²) in [5, 5.41) is 13.6. The lowest BCUT2D eigenvalue weighted by atomic mass is 9.89. The minimum atomic E-state index is -3.93. The van der Waals surface area contributed by atoms with Crippen LogP contribution in [0.25, 0.3) is 0 Å². The van der Waals surface area contributed by atoms with Gasteiger partial charge in [-0.05, 0) is 18.9 Å². The number of benzene rings is 1. The van der Waals surface area contributed by atoms with Crippen molar-refractivity contribution < 1.29 is 31.7 Å². The lowest BCUT2D eigenvalue weighted by Gasteiger charge is -2.23. The summed E-state index contributed by atoms with van der Waals surface area (Å²) in [6.45, 7) is -0.498. The zero-order chi connectivity index (χ0) is 23.4. The number of amides is 1. The van der Waals surface area contributed by atoms with Gasteiger partial charge in [0.15, 0.2) is 0 Å². The first-order valence-corrected chi connectivity index (χ1v) is 9.85. The van der Waals surface area contributed by atoms with Crippen molar-refractivity contribution in [2.24, 2.45) is 11.7 Å². The molecule has 3 N–H and O–H groups in total. The Morgan fingerprint density at radius 1 is 1.26 bits per heavy atom. The zero-order valence-electron chi connectivity index (χ0n) is 17.0. The Bertz CT molecular complexity index is 810. The van der Waals surface area contributed by atoms with E-state index in [2.05, 4.69) is 5.32 Å². The van der Waals surface area contributed by atoms with Crippen LogP contribution in [0.15, 0.2) is 12.1 Å². The highest BCUT2D eigenvalue weighted by atomic mass is 19.4. The predicted octanol–water partition coefficient (Wildman–Crippen LogP) is 4.71. The van der Waals surface area contributed by atoms with Crippen molar-refractivity contribution in [3.63, 3.8) is 0 Å². The molecule has 174 valence electrons. The highest BCUT2D eigenvalue weighted by molar-refractivity contribution is 6.01. The maximum absolute atomic E-state index is 13.3. The molecule has 12 heteroatoms. The second-order valence-corrected chi connectivity index (χ2v) is 7.66. The van der Waals surface area contributed by atoms with Crippen LogP contribution in [-0.2, 0) is 0 Å². The fraction of sp³-hybridized carbons (Fsp3) is 0.632. The van der Waals surface area contributed by atoms with Crippen LogP contribution in [0.2, 0.25) is 0 Å². The van der Waals surface area contributed by atoms with Crippen molar-refractivity contribution in [2.75, 3.05) is 30.4 Å². The van der Waals surface area contributed by atoms with Crippen LogP contribution in [0.5, 0.6) is 0 Å². The second-order valence-electron chi connectivity index (χ2n) is 7.66. The van der Waals surface area contributed by atoms with Gasteiger partial charge in [0.2, 0.25) is 0 Å². The second kappa shape index (κ2) is 9.65. The number of nitrogens with zero attached hydrogens (tertiary/aromatic N) is 2. The molecule has 0 radical (unpaired) electrons. The van der Waals surface area contributed by atoms with E-state index in [1.165, 1.54) is 18.0 Å². The van der Waals surface area contributed by atoms with Gasteiger partial charge in [-0.25, -0.2) is 8.78 Å². The van der Waals surface area contributed by atoms with Crippen molar-refractivity contribution in [3.05, 3.63) is 27.8 Å². The summed E-state index contributed by atoms with van der Waals surface area (Å²) in [5.41, 5.74) is 5.05. The minimum Gasteiger partial charge on any atom is -0.383 e. The van der Waals surface area contributed by atoms with E-state index in [4.69, 9.17) is 5.73 Å². The van der Waals surface area contributed by atoms with Crippen LogP contribution >= 0.6 is 0 Å². The third kappa shape index (κ3) is 6.41. The Kier molecular flexibility index (Phi) is 7.66. The number of primary amides is 1. The lowest BCUT2D eigenvalue weighted by Crippen LogP contribution is -2.27. The molecular formula is C19H25F5N4O3. The summed E-state index contributed by atoms with van der Waals surface area (Å²) in [7, 11) is 1.47. The van der Waals surface area contributed by atoms with Gasteiger partial charge >= 0.3 is 6.18 Å². The third-order valence-electron chi connectivity index (χ3n) is 5.42. The van der Waals surface area contributed by atoms with Crippen molar-refractivity contribution in [3.8, 4) is 0 Å². The molecule has 2 fully saturated rings. The molecule has 1 amide bonds. The van der Waals surface area contributed by atoms with Crippen molar-refractivity contribution in [1.82, 2.24) is 0 Å². The molecule has 0 unspecified atom stereocenters. The normalized spacial score (nSPS) is 18.8. The Hall–Kier alpha value is -2.66. The Morgan fingerprint density at radius 2 is 1.87 bits per heavy atom. The van der Waals surface area contributed by atoms with E-state index in [1.54, 1.807) is 0 Å². The van der Waals surface area contributed by atoms with Gasteiger partial charge in [-0.15, -0.1) is 0 Å². The van der Waals surface area contributed by atoms with Crippen LogP contribution in [0, 0.1) is 16.0 Å². The number of rotatable bonds is 4. The topological polar surface area (TPSA) is 102 Å². The van der Waals surface area contributed by atoms with Gasteiger partial charge in [0.1, 0.15) is 5.69 Å². The first-order chi connectivity index (χ1) is 14.4. The van der Waals surface area contributed by atoms with E-state index >= 15 is 0 Å². The van der Waals surface area contributed by atoms with E-state index in [9.17, 15) is 36.9 Å². The number of nitrogens with two attached hydrogens (primary N) is 1. The molecule has 0 aromatic heterocycles. The summed E-state index contributed by atoms with van der Waals surface area (Å²) in [6.07, 6.45) is -1.08. The molecule has 7 nitrogen and oxygen atoms in total. The molecule has 1 aromatic rings. The lowest BCUT2D eigenvalue weighted by molar-refractivity contribution is -0.383. The first-order valence-electron chi connectivity index (χ1n) is 9.85. The smallest absolute Gasteiger partial charge is 0.383 e. The number of anilines is 2. The number of hydrogen-bond donors (Lipinski definition) is 2. The number of carbonyl (C=O) groups is 1. The molecule has 1 aliphatic heterocycles. The molecule has 0 bridgehead atoms. The van der Waals surface area contributed by atoms with E-state index in [0.717, 1.165) is 25.3 Å². The highest BCUT2D eigenvalue weighted by Gasteiger charge is 2.40. The van der Waals surface area contributed by atoms with Crippen LogP contribution in [0.3, 0.4) is 0 Å². The Labute approximate surface area is 175 Å². The van der Waals surface area contributed by atoms with Gasteiger partial charge in [0.25, 0.3) is 17.5 Å². The van der Waals surface area contributed by atoms with Crippen LogP contribution in [-0.4, -0.2) is 43.1 Å². The molecule has 1 saturated carbocycles. The molecule has 0 spiro atoms. The van der Waals surface area contributed by atoms with Crippen molar-refractivity contribution in [1.29, 1.82) is 0 Å². The first kappa shape index (κ1) is 24.6. The maximum atomic E-state index is 13.3. The maximum Gasteiger partial charge on any atom is 0.391 e. The SMILES string of the molecule is CNc1cc(N2CCC(F)(F)C2)c(C(N)=O)cc1[N+](=O)[O-].FC(F)(F)C1CCCCC1. The molecule has 0 atom stereocenters. The summed E-state index contributed by atoms with van der Waals surface area (Å²) in [4.78, 5) is 23.1. The fourth-order valence-electron chi connectivity index (χ4n) is 3.76. The van der Waals surface area contributed by atoms with Gasteiger partial charge in [-0.2, -0.15) is 13.2 Å². The molecule has 1 saturated heterocycles. The molecular weight excluding hydrogens is 427 g/mol. The molecule has 31 heavy (non-hydrogen) atoms. The number of nitro benzene ring substituents is 1. The third-order valence-corrected chi connectivity index (χ3v) is 5.42. The monoisotopic (exact) mass is 452 g/mol. The molecule has 2 aliphatic rings. The number of alkyl halides is 5. The standard InChI is InChI=1S/C12H14F2N4O3.C7H11F3/c1-16-8-5-9(17-3-2-12(13,14)6-17)7(11(15)19)4-10(8)18(20)21;8-7(9,10)6-4-2-1-3-5-6/h4-5,16H,2-3,6H2,1H3,(H2,15,19);6H,1-5H2. The molecule has 3 rings (SSSR count). The predicted molar refractivity (Wildman–Crippen MR) is 106 cm³/mol. The summed E-state index contributed by atoms with van der Waals surface area (Å²) in [5.74, 6) is -4.75. The number of hydrogen-bond acceptors (Lipinski definition) is 5. The average Bonchev–Trinajstić information content (AvgIpc) is 3.07. The highest BCUT2D eigenvalue weighted by Crippen LogP contribution is 2.38. The summed E-state index contributed by atoms with van der Waals surface area (Å²) >= 11 is 0. The van der Waals surface area contributed by atoms with E-state index in [-0.39, 0.29) is 35.6 Å². The number of nitro groups is 1. The molecule has 1 aliphatic carbocycles. The summed E-state index contributed by atoms with van der Waals surface area (Å²) < 4.78 is 62.5. The van der Waals surface area contributed by atoms with Crippen molar-refractivity contribution >= 4 is 23.0 Å². The van der Waals surface area contributed by atoms with Crippen LogP contribution in [0.4, 0.5) is 39.0 Å². The zero-order valence-corrected chi connectivity index (χ0v) is 17.0. The quantitative estimate of drug-likeness (QED) is 0.391. The largest absolute Gasteiger partial charge is 0.391 e. The fourth-order valence-corrected chi connectivity index (χ4v) is 3.76. The number of halogens is 5.